The van der Waals surface area contributed by atoms with Crippen molar-refractivity contribution in [2.45, 2.75) is 31.3 Å². The van der Waals surface area contributed by atoms with E-state index in [0.29, 0.717) is 12.1 Å². The average molecular weight is 479 g/mol. The first-order valence-corrected chi connectivity index (χ1v) is 10.4. The summed E-state index contributed by atoms with van der Waals surface area (Å²) in [4.78, 5) is 14.0. The summed E-state index contributed by atoms with van der Waals surface area (Å²) in [5.74, 6) is 0.735. The minimum atomic E-state index is 0.00761. The number of hydrazine groups is 1. The average Bonchev–Trinajstić information content (AvgIpc) is 3.17. The summed E-state index contributed by atoms with van der Waals surface area (Å²) in [6.07, 6.45) is 3.07. The van der Waals surface area contributed by atoms with Gasteiger partial charge in [-0.3, -0.25) is 15.6 Å². The highest BCUT2D eigenvalue weighted by Gasteiger charge is 2.24. The second-order valence-corrected chi connectivity index (χ2v) is 8.13. The van der Waals surface area contributed by atoms with Crippen molar-refractivity contribution in [3.8, 4) is 5.75 Å². The fourth-order valence-electron chi connectivity index (χ4n) is 3.20. The Morgan fingerprint density at radius 2 is 1.89 bits per heavy atom. The molecule has 1 saturated heterocycles. The summed E-state index contributed by atoms with van der Waals surface area (Å²) in [5.41, 5.74) is 8.07. The standard InChI is InChI=1S/C21H26IN3O2/c1-25(21(26)15-27-19-11-9-17(22)10-12-19)13-5-8-18-14-20(24-23-18)16-6-3-2-4-7-16/h2-4,6-7,9-12,18,20,23-24H,5,8,13-15H2,1H3. The molecular formula is C21H26IN3O2. The Bertz CT molecular complexity index is 724. The molecule has 0 bridgehead atoms. The van der Waals surface area contributed by atoms with Gasteiger partial charge in [0.25, 0.3) is 5.91 Å². The molecule has 0 saturated carbocycles. The van der Waals surface area contributed by atoms with Crippen LogP contribution in [0.15, 0.2) is 54.6 Å². The number of rotatable bonds is 8. The van der Waals surface area contributed by atoms with Gasteiger partial charge in [-0.1, -0.05) is 30.3 Å². The lowest BCUT2D eigenvalue weighted by molar-refractivity contribution is -0.132. The van der Waals surface area contributed by atoms with Crippen LogP contribution in [0.1, 0.15) is 30.9 Å². The van der Waals surface area contributed by atoms with Crippen molar-refractivity contribution in [2.24, 2.45) is 0 Å². The smallest absolute Gasteiger partial charge is 0.260 e. The Morgan fingerprint density at radius 1 is 1.15 bits per heavy atom. The molecule has 2 unspecified atom stereocenters. The van der Waals surface area contributed by atoms with Crippen molar-refractivity contribution in [1.82, 2.24) is 15.8 Å². The SMILES string of the molecule is CN(CCCC1CC(c2ccccc2)NN1)C(=O)COc1ccc(I)cc1. The number of ether oxygens (including phenoxy) is 1. The highest BCUT2D eigenvalue weighted by atomic mass is 127. The van der Waals surface area contributed by atoms with E-state index in [1.165, 1.54) is 5.56 Å². The van der Waals surface area contributed by atoms with Crippen molar-refractivity contribution in [1.29, 1.82) is 0 Å². The minimum absolute atomic E-state index is 0.00761. The molecule has 5 nitrogen and oxygen atoms in total. The molecule has 0 aromatic heterocycles. The van der Waals surface area contributed by atoms with E-state index < -0.39 is 0 Å². The molecule has 2 aromatic rings. The van der Waals surface area contributed by atoms with Gasteiger partial charge in [0.2, 0.25) is 0 Å². The quantitative estimate of drug-likeness (QED) is 0.570. The van der Waals surface area contributed by atoms with Gasteiger partial charge in [-0.05, 0) is 71.7 Å². The first kappa shape index (κ1) is 20.1. The van der Waals surface area contributed by atoms with E-state index in [2.05, 4.69) is 57.7 Å². The lowest BCUT2D eigenvalue weighted by Gasteiger charge is -2.18. The van der Waals surface area contributed by atoms with Crippen LogP contribution in [0.2, 0.25) is 0 Å². The van der Waals surface area contributed by atoms with Gasteiger partial charge in [-0.15, -0.1) is 0 Å². The first-order valence-electron chi connectivity index (χ1n) is 9.30. The second kappa shape index (κ2) is 10.1. The molecule has 1 aliphatic rings. The zero-order valence-electron chi connectivity index (χ0n) is 15.5. The zero-order chi connectivity index (χ0) is 19.1. The molecule has 144 valence electrons. The van der Waals surface area contributed by atoms with Crippen LogP contribution in [0.5, 0.6) is 5.75 Å². The molecule has 0 spiro atoms. The van der Waals surface area contributed by atoms with Crippen LogP contribution in [0.4, 0.5) is 0 Å². The molecule has 1 fully saturated rings. The van der Waals surface area contributed by atoms with Crippen LogP contribution in [0.25, 0.3) is 0 Å². The second-order valence-electron chi connectivity index (χ2n) is 6.88. The number of carbonyl (C=O) groups excluding carboxylic acids is 1. The number of benzene rings is 2. The molecule has 0 radical (unpaired) electrons. The monoisotopic (exact) mass is 479 g/mol. The number of carbonyl (C=O) groups is 1. The van der Waals surface area contributed by atoms with Gasteiger partial charge in [0.1, 0.15) is 5.75 Å². The number of halogens is 1. The summed E-state index contributed by atoms with van der Waals surface area (Å²) in [6.45, 7) is 0.819. The van der Waals surface area contributed by atoms with Crippen LogP contribution in [0, 0.1) is 3.57 Å². The van der Waals surface area contributed by atoms with Crippen molar-refractivity contribution < 1.29 is 9.53 Å². The fraction of sp³-hybridized carbons (Fsp3) is 0.381. The van der Waals surface area contributed by atoms with E-state index in [1.807, 2.05) is 37.4 Å². The number of likely N-dealkylation sites (N-methyl/N-ethyl adjacent to an activating group) is 1. The van der Waals surface area contributed by atoms with Crippen molar-refractivity contribution in [3.63, 3.8) is 0 Å². The van der Waals surface area contributed by atoms with E-state index in [9.17, 15) is 4.79 Å². The van der Waals surface area contributed by atoms with Crippen LogP contribution >= 0.6 is 22.6 Å². The van der Waals surface area contributed by atoms with Gasteiger partial charge in [0, 0.05) is 29.2 Å². The number of nitrogens with zero attached hydrogens (tertiary/aromatic N) is 1. The summed E-state index contributed by atoms with van der Waals surface area (Å²) < 4.78 is 6.72. The van der Waals surface area contributed by atoms with Gasteiger partial charge in [-0.2, -0.15) is 0 Å². The van der Waals surface area contributed by atoms with E-state index in [1.54, 1.807) is 4.90 Å². The van der Waals surface area contributed by atoms with Gasteiger partial charge in [0.15, 0.2) is 6.61 Å². The molecule has 2 N–H and O–H groups in total. The summed E-state index contributed by atoms with van der Waals surface area (Å²) in [6, 6.07) is 19.0. The lowest BCUT2D eigenvalue weighted by atomic mass is 10.00. The molecule has 6 heteroatoms. The highest BCUT2D eigenvalue weighted by Crippen LogP contribution is 2.23. The van der Waals surface area contributed by atoms with E-state index >= 15 is 0 Å². The van der Waals surface area contributed by atoms with Crippen LogP contribution in [-0.2, 0) is 4.79 Å². The Morgan fingerprint density at radius 3 is 2.63 bits per heavy atom. The predicted molar refractivity (Wildman–Crippen MR) is 115 cm³/mol. The number of amides is 1. The Kier molecular flexibility index (Phi) is 7.49. The fourth-order valence-corrected chi connectivity index (χ4v) is 3.56. The normalized spacial score (nSPS) is 19.0. The Balaban J connectivity index is 1.34. The third-order valence-electron chi connectivity index (χ3n) is 4.83. The maximum absolute atomic E-state index is 12.2. The number of hydrogen-bond donors (Lipinski definition) is 2. The summed E-state index contributed by atoms with van der Waals surface area (Å²) in [7, 11) is 1.84. The molecule has 27 heavy (non-hydrogen) atoms. The number of hydrogen-bond acceptors (Lipinski definition) is 4. The molecule has 3 rings (SSSR count). The van der Waals surface area contributed by atoms with Crippen molar-refractivity contribution in [3.05, 3.63) is 63.7 Å². The molecular weight excluding hydrogens is 453 g/mol. The van der Waals surface area contributed by atoms with Crippen LogP contribution in [0.3, 0.4) is 0 Å². The van der Waals surface area contributed by atoms with E-state index in [4.69, 9.17) is 4.74 Å². The van der Waals surface area contributed by atoms with Crippen molar-refractivity contribution >= 4 is 28.5 Å². The first-order chi connectivity index (χ1) is 13.1. The van der Waals surface area contributed by atoms with Crippen LogP contribution < -0.4 is 15.6 Å². The van der Waals surface area contributed by atoms with E-state index in [-0.39, 0.29) is 12.5 Å². The van der Waals surface area contributed by atoms with Gasteiger partial charge >= 0.3 is 0 Å². The lowest BCUT2D eigenvalue weighted by Crippen LogP contribution is -2.34. The molecule has 1 amide bonds. The Labute approximate surface area is 174 Å². The predicted octanol–water partition coefficient (Wildman–Crippen LogP) is 3.52. The molecule has 0 aliphatic carbocycles. The van der Waals surface area contributed by atoms with Gasteiger partial charge in [0.05, 0.1) is 0 Å². The molecule has 1 heterocycles. The third-order valence-corrected chi connectivity index (χ3v) is 5.55. The van der Waals surface area contributed by atoms with E-state index in [0.717, 1.165) is 35.1 Å². The van der Waals surface area contributed by atoms with Crippen LogP contribution in [-0.4, -0.2) is 37.0 Å². The molecule has 2 atom stereocenters. The highest BCUT2D eigenvalue weighted by molar-refractivity contribution is 14.1. The maximum Gasteiger partial charge on any atom is 0.260 e. The van der Waals surface area contributed by atoms with Gasteiger partial charge < -0.3 is 9.64 Å². The maximum atomic E-state index is 12.2. The molecule has 1 aliphatic heterocycles. The topological polar surface area (TPSA) is 53.6 Å². The van der Waals surface area contributed by atoms with Crippen molar-refractivity contribution in [2.75, 3.05) is 20.2 Å². The zero-order valence-corrected chi connectivity index (χ0v) is 17.7. The summed E-state index contributed by atoms with van der Waals surface area (Å²) >= 11 is 2.24. The summed E-state index contributed by atoms with van der Waals surface area (Å²) in [5, 5.41) is 0. The largest absolute Gasteiger partial charge is 0.484 e. The Hall–Kier alpha value is -1.64. The van der Waals surface area contributed by atoms with Gasteiger partial charge in [-0.25, -0.2) is 0 Å². The minimum Gasteiger partial charge on any atom is -0.484 e. The third kappa shape index (κ3) is 6.19. The molecule has 2 aromatic carbocycles. The number of nitrogens with one attached hydrogen (secondary N) is 2.